The second kappa shape index (κ2) is 5.65. The van der Waals surface area contributed by atoms with Gasteiger partial charge in [-0.2, -0.15) is 0 Å². The van der Waals surface area contributed by atoms with E-state index < -0.39 is 0 Å². The predicted octanol–water partition coefficient (Wildman–Crippen LogP) is 2.56. The van der Waals surface area contributed by atoms with E-state index >= 15 is 0 Å². The molecule has 0 aliphatic rings. The van der Waals surface area contributed by atoms with Gasteiger partial charge < -0.3 is 15.7 Å². The molecular weight excluding hydrogens is 252 g/mol. The second-order valence-electron chi connectivity index (χ2n) is 4.83. The molecule has 3 N–H and O–H groups in total. The summed E-state index contributed by atoms with van der Waals surface area (Å²) < 4.78 is 0. The van der Waals surface area contributed by atoms with E-state index in [4.69, 9.17) is 5.73 Å². The van der Waals surface area contributed by atoms with Crippen molar-refractivity contribution in [3.05, 3.63) is 59.2 Å². The highest BCUT2D eigenvalue weighted by atomic mass is 16.3. The van der Waals surface area contributed by atoms with Crippen LogP contribution in [0.15, 0.2) is 42.5 Å². The highest BCUT2D eigenvalue weighted by Crippen LogP contribution is 2.21. The summed E-state index contributed by atoms with van der Waals surface area (Å²) in [5, 5.41) is 9.76. The summed E-state index contributed by atoms with van der Waals surface area (Å²) in [5.41, 5.74) is 8.43. The van der Waals surface area contributed by atoms with Crippen LogP contribution in [0.5, 0.6) is 5.75 Å². The van der Waals surface area contributed by atoms with Crippen molar-refractivity contribution in [2.75, 3.05) is 12.8 Å². The van der Waals surface area contributed by atoms with Crippen molar-refractivity contribution in [2.45, 2.75) is 13.5 Å². The van der Waals surface area contributed by atoms with E-state index in [0.717, 1.165) is 5.56 Å². The van der Waals surface area contributed by atoms with Crippen LogP contribution in [0.2, 0.25) is 0 Å². The first-order valence-electron chi connectivity index (χ1n) is 6.38. The maximum Gasteiger partial charge on any atom is 0.256 e. The van der Waals surface area contributed by atoms with Gasteiger partial charge in [-0.3, -0.25) is 4.79 Å². The van der Waals surface area contributed by atoms with E-state index in [0.29, 0.717) is 23.4 Å². The third-order valence-corrected chi connectivity index (χ3v) is 3.26. The number of anilines is 1. The fourth-order valence-electron chi connectivity index (χ4n) is 2.15. The smallest absolute Gasteiger partial charge is 0.256 e. The number of para-hydroxylation sites is 1. The Morgan fingerprint density at radius 1 is 1.20 bits per heavy atom. The van der Waals surface area contributed by atoms with Crippen molar-refractivity contribution in [1.29, 1.82) is 0 Å². The van der Waals surface area contributed by atoms with Crippen LogP contribution in [-0.2, 0) is 6.54 Å². The van der Waals surface area contributed by atoms with Crippen LogP contribution >= 0.6 is 0 Å². The standard InChI is InChI=1S/C16H18N2O2/c1-11-6-5-8-13(17)15(11)16(20)18(2)10-12-7-3-4-9-14(12)19/h3-9,19H,10,17H2,1-2H3. The lowest BCUT2D eigenvalue weighted by molar-refractivity contribution is 0.0784. The van der Waals surface area contributed by atoms with E-state index in [1.165, 1.54) is 0 Å². The molecule has 1 amide bonds. The molecule has 2 aromatic carbocycles. The quantitative estimate of drug-likeness (QED) is 0.842. The minimum Gasteiger partial charge on any atom is -0.508 e. The Labute approximate surface area is 118 Å². The highest BCUT2D eigenvalue weighted by Gasteiger charge is 2.17. The molecule has 0 bridgehead atoms. The Bertz CT molecular complexity index is 618. The van der Waals surface area contributed by atoms with Crippen LogP contribution in [0.1, 0.15) is 21.5 Å². The van der Waals surface area contributed by atoms with Crippen molar-refractivity contribution in [3.63, 3.8) is 0 Å². The number of nitrogens with two attached hydrogens (primary N) is 1. The molecule has 104 valence electrons. The zero-order valence-electron chi connectivity index (χ0n) is 11.6. The molecule has 0 radical (unpaired) electrons. The van der Waals surface area contributed by atoms with Crippen LogP contribution in [-0.4, -0.2) is 23.0 Å². The van der Waals surface area contributed by atoms with E-state index in [2.05, 4.69) is 0 Å². The van der Waals surface area contributed by atoms with Gasteiger partial charge >= 0.3 is 0 Å². The molecule has 0 spiro atoms. The molecule has 20 heavy (non-hydrogen) atoms. The Balaban J connectivity index is 2.24. The summed E-state index contributed by atoms with van der Waals surface area (Å²) in [7, 11) is 1.70. The summed E-state index contributed by atoms with van der Waals surface area (Å²) in [6.07, 6.45) is 0. The fourth-order valence-corrected chi connectivity index (χ4v) is 2.15. The molecule has 4 heteroatoms. The maximum absolute atomic E-state index is 12.5. The summed E-state index contributed by atoms with van der Waals surface area (Å²) in [6, 6.07) is 12.4. The number of hydrogen-bond donors (Lipinski definition) is 2. The van der Waals surface area contributed by atoms with Crippen molar-refractivity contribution in [2.24, 2.45) is 0 Å². The molecule has 2 aromatic rings. The first kappa shape index (κ1) is 13.9. The molecule has 0 fully saturated rings. The Kier molecular flexibility index (Phi) is 3.94. The van der Waals surface area contributed by atoms with Gasteiger partial charge in [0.1, 0.15) is 5.75 Å². The summed E-state index contributed by atoms with van der Waals surface area (Å²) >= 11 is 0. The monoisotopic (exact) mass is 270 g/mol. The van der Waals surface area contributed by atoms with Crippen LogP contribution < -0.4 is 5.73 Å². The Hall–Kier alpha value is -2.49. The van der Waals surface area contributed by atoms with Crippen LogP contribution in [0.25, 0.3) is 0 Å². The minimum absolute atomic E-state index is 0.149. The van der Waals surface area contributed by atoms with E-state index in [1.54, 1.807) is 36.2 Å². The number of carbonyl (C=O) groups is 1. The van der Waals surface area contributed by atoms with Crippen molar-refractivity contribution in [1.82, 2.24) is 4.90 Å². The van der Waals surface area contributed by atoms with Crippen LogP contribution in [0.3, 0.4) is 0 Å². The molecule has 0 aromatic heterocycles. The topological polar surface area (TPSA) is 66.6 Å². The fraction of sp³-hybridized carbons (Fsp3) is 0.188. The molecule has 4 nitrogen and oxygen atoms in total. The average molecular weight is 270 g/mol. The number of benzene rings is 2. The van der Waals surface area contributed by atoms with Gasteiger partial charge in [0.05, 0.1) is 5.56 Å². The summed E-state index contributed by atoms with van der Waals surface area (Å²) in [5.74, 6) is 0.0359. The Morgan fingerprint density at radius 3 is 2.55 bits per heavy atom. The van der Waals surface area contributed by atoms with Crippen molar-refractivity contribution < 1.29 is 9.90 Å². The normalized spacial score (nSPS) is 10.3. The number of rotatable bonds is 3. The number of nitrogen functional groups attached to an aromatic ring is 1. The lowest BCUT2D eigenvalue weighted by atomic mass is 10.1. The lowest BCUT2D eigenvalue weighted by Gasteiger charge is -2.20. The SMILES string of the molecule is Cc1cccc(N)c1C(=O)N(C)Cc1ccccc1O. The molecule has 0 saturated heterocycles. The minimum atomic E-state index is -0.149. The molecule has 0 aliphatic carbocycles. The predicted molar refractivity (Wildman–Crippen MR) is 79.5 cm³/mol. The number of aromatic hydroxyl groups is 1. The molecule has 0 aliphatic heterocycles. The molecule has 2 rings (SSSR count). The zero-order chi connectivity index (χ0) is 14.7. The van der Waals surface area contributed by atoms with E-state index in [-0.39, 0.29) is 11.7 Å². The highest BCUT2D eigenvalue weighted by molar-refractivity contribution is 6.00. The maximum atomic E-state index is 12.5. The van der Waals surface area contributed by atoms with Gasteiger partial charge in [-0.1, -0.05) is 30.3 Å². The van der Waals surface area contributed by atoms with Gasteiger partial charge in [0.25, 0.3) is 5.91 Å². The van der Waals surface area contributed by atoms with Gasteiger partial charge in [-0.05, 0) is 24.6 Å². The molecule has 0 heterocycles. The van der Waals surface area contributed by atoms with Gasteiger partial charge in [0.15, 0.2) is 0 Å². The number of nitrogens with zero attached hydrogens (tertiary/aromatic N) is 1. The third kappa shape index (κ3) is 2.74. The van der Waals surface area contributed by atoms with E-state index in [1.807, 2.05) is 25.1 Å². The van der Waals surface area contributed by atoms with Gasteiger partial charge in [-0.15, -0.1) is 0 Å². The number of phenolic OH excluding ortho intramolecular Hbond substituents is 1. The van der Waals surface area contributed by atoms with Crippen molar-refractivity contribution in [3.8, 4) is 5.75 Å². The van der Waals surface area contributed by atoms with Crippen LogP contribution in [0.4, 0.5) is 5.69 Å². The Morgan fingerprint density at radius 2 is 1.90 bits per heavy atom. The molecule has 0 unspecified atom stereocenters. The summed E-state index contributed by atoms with van der Waals surface area (Å²) in [4.78, 5) is 14.0. The number of hydrogen-bond acceptors (Lipinski definition) is 3. The van der Waals surface area contributed by atoms with Gasteiger partial charge in [0.2, 0.25) is 0 Å². The second-order valence-corrected chi connectivity index (χ2v) is 4.83. The zero-order valence-corrected chi connectivity index (χ0v) is 11.6. The van der Waals surface area contributed by atoms with Crippen molar-refractivity contribution >= 4 is 11.6 Å². The third-order valence-electron chi connectivity index (χ3n) is 3.26. The number of phenols is 1. The van der Waals surface area contributed by atoms with Gasteiger partial charge in [0, 0.05) is 24.8 Å². The van der Waals surface area contributed by atoms with Gasteiger partial charge in [-0.25, -0.2) is 0 Å². The van der Waals surface area contributed by atoms with Crippen LogP contribution in [0, 0.1) is 6.92 Å². The number of carbonyl (C=O) groups excluding carboxylic acids is 1. The molecule has 0 saturated carbocycles. The first-order chi connectivity index (χ1) is 9.50. The number of aryl methyl sites for hydroxylation is 1. The lowest BCUT2D eigenvalue weighted by Crippen LogP contribution is -2.27. The first-order valence-corrected chi connectivity index (χ1v) is 6.38. The van der Waals surface area contributed by atoms with E-state index in [9.17, 15) is 9.90 Å². The molecule has 0 atom stereocenters. The average Bonchev–Trinajstić information content (AvgIpc) is 2.41. The largest absolute Gasteiger partial charge is 0.508 e. The molecular formula is C16H18N2O2. The number of amides is 1. The summed E-state index contributed by atoms with van der Waals surface area (Å²) in [6.45, 7) is 2.19.